The number of carbonyl (C=O) groups is 1. The molecule has 0 saturated carbocycles. The Labute approximate surface area is 136 Å². The molecule has 1 fully saturated rings. The van der Waals surface area contributed by atoms with Crippen molar-refractivity contribution >= 4 is 17.4 Å². The quantitative estimate of drug-likeness (QED) is 0.795. The molecule has 2 aliphatic rings. The average molecular weight is 322 g/mol. The van der Waals surface area contributed by atoms with Gasteiger partial charge >= 0.3 is 6.09 Å². The summed E-state index contributed by atoms with van der Waals surface area (Å²) in [6.07, 6.45) is 2.85. The van der Waals surface area contributed by atoms with Crippen molar-refractivity contribution in [3.8, 4) is 0 Å². The molecule has 3 rings (SSSR count). The number of likely N-dealkylation sites (tertiary alicyclic amines) is 1. The minimum Gasteiger partial charge on any atom is -0.444 e. The molecule has 0 bridgehead atoms. The first-order valence-corrected chi connectivity index (χ1v) is 9.00. The van der Waals surface area contributed by atoms with Crippen LogP contribution in [-0.4, -0.2) is 35.7 Å². The van der Waals surface area contributed by atoms with Crippen molar-refractivity contribution in [1.29, 1.82) is 0 Å². The van der Waals surface area contributed by atoms with E-state index in [9.17, 15) is 4.79 Å². The third-order valence-corrected chi connectivity index (χ3v) is 5.64. The van der Waals surface area contributed by atoms with Crippen molar-refractivity contribution in [3.63, 3.8) is 0 Å². The van der Waals surface area contributed by atoms with Crippen LogP contribution in [0.5, 0.6) is 0 Å². The van der Waals surface area contributed by atoms with Gasteiger partial charge in [0.25, 0.3) is 0 Å². The first kappa shape index (κ1) is 15.8. The monoisotopic (exact) mass is 322 g/mol. The molecule has 2 atom stereocenters. The summed E-state index contributed by atoms with van der Waals surface area (Å²) < 4.78 is 5.55. The molecule has 1 saturated heterocycles. The van der Waals surface area contributed by atoms with Crippen molar-refractivity contribution < 1.29 is 9.53 Å². The van der Waals surface area contributed by atoms with Gasteiger partial charge in [0, 0.05) is 29.5 Å². The zero-order valence-corrected chi connectivity index (χ0v) is 14.8. The second-order valence-corrected chi connectivity index (χ2v) is 8.49. The van der Waals surface area contributed by atoms with Gasteiger partial charge in [-0.25, -0.2) is 4.79 Å². The van der Waals surface area contributed by atoms with Crippen LogP contribution in [0.4, 0.5) is 4.79 Å². The van der Waals surface area contributed by atoms with Crippen LogP contribution in [0.1, 0.15) is 51.0 Å². The number of nitrogens with zero attached hydrogens (tertiary/aromatic N) is 1. The summed E-state index contributed by atoms with van der Waals surface area (Å²) in [5, 5.41) is 5.94. The molecule has 1 aromatic rings. The molecular weight excluding hydrogens is 296 g/mol. The van der Waals surface area contributed by atoms with Crippen LogP contribution in [0, 0.1) is 0 Å². The zero-order valence-electron chi connectivity index (χ0n) is 13.9. The lowest BCUT2D eigenvalue weighted by atomic mass is 9.76. The molecule has 122 valence electrons. The summed E-state index contributed by atoms with van der Waals surface area (Å²) in [6.45, 7) is 9.67. The van der Waals surface area contributed by atoms with Gasteiger partial charge in [0.15, 0.2) is 0 Å². The smallest absolute Gasteiger partial charge is 0.410 e. The Morgan fingerprint density at radius 2 is 2.27 bits per heavy atom. The molecule has 5 heteroatoms. The summed E-state index contributed by atoms with van der Waals surface area (Å²) in [4.78, 5) is 15.8. The van der Waals surface area contributed by atoms with E-state index in [1.165, 1.54) is 10.4 Å². The fourth-order valence-corrected chi connectivity index (χ4v) is 4.70. The fourth-order valence-electron chi connectivity index (χ4n) is 3.72. The number of carbonyl (C=O) groups excluding carboxylic acids is 1. The normalized spacial score (nSPS) is 28.5. The molecule has 2 unspecified atom stereocenters. The van der Waals surface area contributed by atoms with Gasteiger partial charge in [0.05, 0.1) is 0 Å². The van der Waals surface area contributed by atoms with E-state index in [2.05, 4.69) is 23.7 Å². The molecule has 0 radical (unpaired) electrons. The van der Waals surface area contributed by atoms with Gasteiger partial charge in [-0.3, -0.25) is 0 Å². The first-order chi connectivity index (χ1) is 10.3. The molecule has 4 nitrogen and oxygen atoms in total. The molecule has 1 N–H and O–H groups in total. The van der Waals surface area contributed by atoms with E-state index in [1.54, 1.807) is 0 Å². The molecule has 3 heterocycles. The molecule has 1 spiro atoms. The van der Waals surface area contributed by atoms with Gasteiger partial charge in [0.2, 0.25) is 0 Å². The summed E-state index contributed by atoms with van der Waals surface area (Å²) in [7, 11) is 0. The minimum atomic E-state index is -0.435. The van der Waals surface area contributed by atoms with Crippen LogP contribution in [-0.2, 0) is 16.7 Å². The lowest BCUT2D eigenvalue weighted by Crippen LogP contribution is -2.58. The number of nitrogens with one attached hydrogen (secondary N) is 1. The Balaban J connectivity index is 1.75. The van der Waals surface area contributed by atoms with Crippen LogP contribution in [0.2, 0.25) is 0 Å². The van der Waals surface area contributed by atoms with Crippen LogP contribution in [0.3, 0.4) is 0 Å². The molecule has 2 aliphatic heterocycles. The number of piperidine rings is 1. The molecular formula is C17H26N2O2S. The van der Waals surface area contributed by atoms with Crippen molar-refractivity contribution in [2.24, 2.45) is 0 Å². The first-order valence-electron chi connectivity index (χ1n) is 8.12. The van der Waals surface area contributed by atoms with E-state index in [4.69, 9.17) is 4.74 Å². The van der Waals surface area contributed by atoms with Gasteiger partial charge in [-0.2, -0.15) is 0 Å². The number of amides is 1. The van der Waals surface area contributed by atoms with E-state index in [-0.39, 0.29) is 17.7 Å². The number of fused-ring (bicyclic) bond motifs is 2. The number of thiophene rings is 1. The third-order valence-electron chi connectivity index (χ3n) is 4.66. The van der Waals surface area contributed by atoms with Crippen molar-refractivity contribution in [1.82, 2.24) is 10.2 Å². The van der Waals surface area contributed by atoms with Gasteiger partial charge in [-0.15, -0.1) is 11.3 Å². The molecule has 1 aromatic heterocycles. The number of rotatable bonds is 0. The minimum absolute atomic E-state index is 0.0471. The Morgan fingerprint density at radius 3 is 2.95 bits per heavy atom. The van der Waals surface area contributed by atoms with Crippen molar-refractivity contribution in [2.45, 2.75) is 64.1 Å². The van der Waals surface area contributed by atoms with E-state index in [0.29, 0.717) is 0 Å². The van der Waals surface area contributed by atoms with E-state index in [0.717, 1.165) is 32.4 Å². The molecule has 0 aliphatic carbocycles. The molecule has 0 aromatic carbocycles. The van der Waals surface area contributed by atoms with Crippen LogP contribution in [0.25, 0.3) is 0 Å². The predicted molar refractivity (Wildman–Crippen MR) is 89.3 cm³/mol. The second kappa shape index (κ2) is 5.53. The number of hydrogen-bond donors (Lipinski definition) is 1. The highest BCUT2D eigenvalue weighted by Crippen LogP contribution is 2.41. The Hall–Kier alpha value is -1.07. The van der Waals surface area contributed by atoms with Gasteiger partial charge in [-0.05, 0) is 64.0 Å². The highest BCUT2D eigenvalue weighted by atomic mass is 32.1. The highest BCUT2D eigenvalue weighted by Gasteiger charge is 2.44. The Morgan fingerprint density at radius 1 is 1.50 bits per heavy atom. The fraction of sp³-hybridized carbons (Fsp3) is 0.706. The van der Waals surface area contributed by atoms with E-state index in [1.807, 2.05) is 37.0 Å². The summed E-state index contributed by atoms with van der Waals surface area (Å²) in [6, 6.07) is 2.45. The Kier molecular flexibility index (Phi) is 3.98. The van der Waals surface area contributed by atoms with Crippen molar-refractivity contribution in [2.75, 3.05) is 13.1 Å². The highest BCUT2D eigenvalue weighted by molar-refractivity contribution is 7.10. The van der Waals surface area contributed by atoms with Crippen LogP contribution in [0.15, 0.2) is 11.4 Å². The van der Waals surface area contributed by atoms with Gasteiger partial charge < -0.3 is 15.0 Å². The lowest BCUT2D eigenvalue weighted by molar-refractivity contribution is 0.000510. The van der Waals surface area contributed by atoms with Gasteiger partial charge in [-0.1, -0.05) is 0 Å². The third kappa shape index (κ3) is 2.88. The van der Waals surface area contributed by atoms with E-state index < -0.39 is 5.60 Å². The van der Waals surface area contributed by atoms with E-state index >= 15 is 0 Å². The summed E-state index contributed by atoms with van der Waals surface area (Å²) >= 11 is 1.86. The zero-order chi connectivity index (χ0) is 16.0. The predicted octanol–water partition coefficient (Wildman–Crippen LogP) is 3.51. The SMILES string of the molecule is CC1CC2(CCN1C(=O)OC(C)(C)C)NCCc1sccc12. The van der Waals surface area contributed by atoms with Crippen LogP contribution < -0.4 is 5.32 Å². The molecule has 1 amide bonds. The van der Waals surface area contributed by atoms with Gasteiger partial charge in [0.1, 0.15) is 5.60 Å². The standard InChI is InChI=1S/C17H26N2O2S/c1-12-11-17(13-6-10-22-14(13)5-8-18-17)7-9-19(12)15(20)21-16(2,3)4/h6,10,12,18H,5,7-9,11H2,1-4H3. The topological polar surface area (TPSA) is 41.6 Å². The van der Waals surface area contributed by atoms with Crippen molar-refractivity contribution in [3.05, 3.63) is 21.9 Å². The maximum absolute atomic E-state index is 12.4. The summed E-state index contributed by atoms with van der Waals surface area (Å²) in [5.41, 5.74) is 1.07. The van der Waals surface area contributed by atoms with Crippen LogP contribution >= 0.6 is 11.3 Å². The largest absolute Gasteiger partial charge is 0.444 e. The number of hydrogen-bond acceptors (Lipinski definition) is 4. The lowest BCUT2D eigenvalue weighted by Gasteiger charge is -2.48. The maximum Gasteiger partial charge on any atom is 0.410 e. The maximum atomic E-state index is 12.4. The Bertz CT molecular complexity index is 563. The molecule has 22 heavy (non-hydrogen) atoms. The average Bonchev–Trinajstić information content (AvgIpc) is 2.86. The number of ether oxygens (including phenoxy) is 1. The second-order valence-electron chi connectivity index (χ2n) is 7.49. The summed E-state index contributed by atoms with van der Waals surface area (Å²) in [5.74, 6) is 0.